The summed E-state index contributed by atoms with van der Waals surface area (Å²) in [4.78, 5) is 31.7. The number of hydrogen-bond donors (Lipinski definition) is 1. The van der Waals surface area contributed by atoms with Crippen LogP contribution in [0.4, 0.5) is 0 Å². The molecule has 2 heterocycles. The zero-order valence-electron chi connectivity index (χ0n) is 17.2. The molecule has 29 heavy (non-hydrogen) atoms. The molecule has 2 aromatic heterocycles. The Morgan fingerprint density at radius 3 is 2.38 bits per heavy atom. The van der Waals surface area contributed by atoms with Crippen LogP contribution in [-0.2, 0) is 22.4 Å². The van der Waals surface area contributed by atoms with Crippen molar-refractivity contribution >= 4 is 23.1 Å². The molecule has 0 bridgehead atoms. The van der Waals surface area contributed by atoms with Gasteiger partial charge in [0.05, 0.1) is 24.3 Å². The molecular weight excluding hydrogens is 370 g/mol. The summed E-state index contributed by atoms with van der Waals surface area (Å²) in [6.45, 7) is 6.98. The fraction of sp³-hybridized carbons (Fsp3) is 0.409. The van der Waals surface area contributed by atoms with Crippen LogP contribution in [0.15, 0.2) is 30.3 Å². The number of ether oxygens (including phenoxy) is 2. The summed E-state index contributed by atoms with van der Waals surface area (Å²) in [5.74, 6) is 0.265. The minimum absolute atomic E-state index is 0.322. The summed E-state index contributed by atoms with van der Waals surface area (Å²) in [7, 11) is 0. The van der Waals surface area contributed by atoms with Crippen molar-refractivity contribution in [3.63, 3.8) is 0 Å². The van der Waals surface area contributed by atoms with Gasteiger partial charge < -0.3 is 19.0 Å². The van der Waals surface area contributed by atoms with Gasteiger partial charge in [0.1, 0.15) is 11.5 Å². The molecule has 154 valence electrons. The number of aromatic nitrogens is 3. The third-order valence-electron chi connectivity index (χ3n) is 4.68. The number of aryl methyl sites for hydroxylation is 1. The monoisotopic (exact) mass is 397 g/mol. The predicted molar refractivity (Wildman–Crippen MR) is 110 cm³/mol. The van der Waals surface area contributed by atoms with Crippen molar-refractivity contribution in [2.24, 2.45) is 0 Å². The van der Waals surface area contributed by atoms with Crippen LogP contribution in [0.2, 0.25) is 0 Å². The third-order valence-corrected chi connectivity index (χ3v) is 4.68. The quantitative estimate of drug-likeness (QED) is 0.549. The first kappa shape index (κ1) is 20.6. The lowest BCUT2D eigenvalue weighted by atomic mass is 10.1. The van der Waals surface area contributed by atoms with E-state index in [0.29, 0.717) is 36.7 Å². The molecule has 0 saturated carbocycles. The molecule has 1 N–H and O–H groups in total. The Morgan fingerprint density at radius 2 is 1.72 bits per heavy atom. The summed E-state index contributed by atoms with van der Waals surface area (Å²) >= 11 is 0. The van der Waals surface area contributed by atoms with Crippen LogP contribution in [0.1, 0.15) is 65.8 Å². The van der Waals surface area contributed by atoms with E-state index in [1.165, 1.54) is 0 Å². The predicted octanol–water partition coefficient (Wildman–Crippen LogP) is 4.11. The minimum atomic E-state index is -0.383. The fourth-order valence-electron chi connectivity index (χ4n) is 3.22. The van der Waals surface area contributed by atoms with Crippen LogP contribution in [0.3, 0.4) is 0 Å². The first-order chi connectivity index (χ1) is 14.1. The van der Waals surface area contributed by atoms with E-state index >= 15 is 0 Å². The molecule has 3 rings (SSSR count). The zero-order chi connectivity index (χ0) is 20.8. The van der Waals surface area contributed by atoms with Gasteiger partial charge >= 0.3 is 11.9 Å². The number of unbranched alkanes of at least 4 members (excludes halogenated alkanes) is 1. The Labute approximate surface area is 170 Å². The van der Waals surface area contributed by atoms with Gasteiger partial charge in [-0.05, 0) is 44.0 Å². The van der Waals surface area contributed by atoms with Crippen LogP contribution in [0.25, 0.3) is 11.2 Å². The number of fused-ring (bicyclic) bond motifs is 1. The number of rotatable bonds is 9. The number of imidazole rings is 1. The summed E-state index contributed by atoms with van der Waals surface area (Å²) in [5, 5.41) is 0. The molecule has 0 atom stereocenters. The van der Waals surface area contributed by atoms with Gasteiger partial charge in [0, 0.05) is 13.0 Å². The molecule has 0 fully saturated rings. The van der Waals surface area contributed by atoms with E-state index in [4.69, 9.17) is 14.5 Å². The maximum atomic E-state index is 12.1. The van der Waals surface area contributed by atoms with Crippen molar-refractivity contribution in [1.82, 2.24) is 14.5 Å². The van der Waals surface area contributed by atoms with Crippen LogP contribution in [-0.4, -0.2) is 39.7 Å². The summed E-state index contributed by atoms with van der Waals surface area (Å²) in [6.07, 6.45) is 2.96. The number of nitrogens with zero attached hydrogens (tertiary/aromatic N) is 2. The highest BCUT2D eigenvalue weighted by molar-refractivity contribution is 5.93. The van der Waals surface area contributed by atoms with E-state index in [2.05, 4.69) is 16.5 Å². The van der Waals surface area contributed by atoms with Gasteiger partial charge in [0.15, 0.2) is 5.65 Å². The second kappa shape index (κ2) is 9.41. The first-order valence-corrected chi connectivity index (χ1v) is 10.1. The standard InChI is InChI=1S/C22H27N3O4/c1-4-7-8-19-24-20-18(13-17(23-20)22(27)29-6-3)25(19)14-15-9-11-16(12-10-15)21(26)28-5-2/h9-13,23H,4-8,14H2,1-3H3. The Morgan fingerprint density at radius 1 is 1.03 bits per heavy atom. The lowest BCUT2D eigenvalue weighted by molar-refractivity contribution is 0.0513. The Kier molecular flexibility index (Phi) is 6.69. The third kappa shape index (κ3) is 4.67. The number of aromatic amines is 1. The van der Waals surface area contributed by atoms with Gasteiger partial charge in [-0.1, -0.05) is 25.5 Å². The van der Waals surface area contributed by atoms with Crippen molar-refractivity contribution in [3.05, 3.63) is 53.0 Å². The Bertz CT molecular complexity index is 986. The summed E-state index contributed by atoms with van der Waals surface area (Å²) in [5.41, 5.74) is 3.52. The molecule has 0 unspecified atom stereocenters. The van der Waals surface area contributed by atoms with E-state index in [0.717, 1.165) is 36.2 Å². The van der Waals surface area contributed by atoms with Crippen molar-refractivity contribution in [2.75, 3.05) is 13.2 Å². The van der Waals surface area contributed by atoms with Gasteiger partial charge in [-0.3, -0.25) is 0 Å². The van der Waals surface area contributed by atoms with Crippen LogP contribution in [0, 0.1) is 0 Å². The highest BCUT2D eigenvalue weighted by atomic mass is 16.5. The van der Waals surface area contributed by atoms with Crippen LogP contribution < -0.4 is 0 Å². The van der Waals surface area contributed by atoms with Gasteiger partial charge in [0.2, 0.25) is 0 Å². The second-order valence-electron chi connectivity index (χ2n) is 6.77. The minimum Gasteiger partial charge on any atom is -0.462 e. The van der Waals surface area contributed by atoms with E-state index in [9.17, 15) is 9.59 Å². The Hall–Kier alpha value is -3.09. The van der Waals surface area contributed by atoms with E-state index in [1.807, 2.05) is 12.1 Å². The van der Waals surface area contributed by atoms with E-state index < -0.39 is 0 Å². The van der Waals surface area contributed by atoms with E-state index in [-0.39, 0.29) is 11.9 Å². The lowest BCUT2D eigenvalue weighted by Gasteiger charge is -2.10. The fourth-order valence-corrected chi connectivity index (χ4v) is 3.22. The molecule has 7 nitrogen and oxygen atoms in total. The first-order valence-electron chi connectivity index (χ1n) is 10.1. The van der Waals surface area contributed by atoms with Crippen molar-refractivity contribution in [2.45, 2.75) is 46.6 Å². The molecule has 3 aromatic rings. The molecule has 0 aliphatic carbocycles. The normalized spacial score (nSPS) is 11.0. The number of benzene rings is 1. The molecule has 0 radical (unpaired) electrons. The second-order valence-corrected chi connectivity index (χ2v) is 6.77. The van der Waals surface area contributed by atoms with Gasteiger partial charge in [-0.2, -0.15) is 0 Å². The van der Waals surface area contributed by atoms with Crippen molar-refractivity contribution in [1.29, 1.82) is 0 Å². The average Bonchev–Trinajstić information content (AvgIpc) is 3.26. The van der Waals surface area contributed by atoms with Gasteiger partial charge in [-0.25, -0.2) is 14.6 Å². The molecule has 7 heteroatoms. The number of esters is 2. The molecular formula is C22H27N3O4. The number of nitrogens with one attached hydrogen (secondary N) is 1. The molecule has 0 spiro atoms. The number of H-pyrrole nitrogens is 1. The average molecular weight is 397 g/mol. The topological polar surface area (TPSA) is 86.2 Å². The highest BCUT2D eigenvalue weighted by Crippen LogP contribution is 2.21. The van der Waals surface area contributed by atoms with Crippen molar-refractivity contribution < 1.29 is 19.1 Å². The summed E-state index contributed by atoms with van der Waals surface area (Å²) < 4.78 is 12.2. The van der Waals surface area contributed by atoms with E-state index in [1.54, 1.807) is 32.0 Å². The maximum Gasteiger partial charge on any atom is 0.354 e. The van der Waals surface area contributed by atoms with Crippen LogP contribution in [0.5, 0.6) is 0 Å². The zero-order valence-corrected chi connectivity index (χ0v) is 17.2. The van der Waals surface area contributed by atoms with Crippen LogP contribution >= 0.6 is 0 Å². The largest absolute Gasteiger partial charge is 0.462 e. The highest BCUT2D eigenvalue weighted by Gasteiger charge is 2.18. The maximum absolute atomic E-state index is 12.1. The number of hydrogen-bond acceptors (Lipinski definition) is 5. The van der Waals surface area contributed by atoms with Gasteiger partial charge in [0.25, 0.3) is 0 Å². The SMILES string of the molecule is CCCCc1nc2[nH]c(C(=O)OCC)cc2n1Cc1ccc(C(=O)OCC)cc1. The lowest BCUT2D eigenvalue weighted by Crippen LogP contribution is -2.08. The molecule has 0 amide bonds. The Balaban J connectivity index is 1.90. The smallest absolute Gasteiger partial charge is 0.354 e. The van der Waals surface area contributed by atoms with Crippen molar-refractivity contribution in [3.8, 4) is 0 Å². The number of carbonyl (C=O) groups is 2. The molecule has 0 aliphatic heterocycles. The molecule has 0 aliphatic rings. The number of carbonyl (C=O) groups excluding carboxylic acids is 2. The van der Waals surface area contributed by atoms with Gasteiger partial charge in [-0.15, -0.1) is 0 Å². The molecule has 0 saturated heterocycles. The summed E-state index contributed by atoms with van der Waals surface area (Å²) in [6, 6.07) is 9.17. The molecule has 1 aromatic carbocycles.